The zero-order valence-corrected chi connectivity index (χ0v) is 12.3. The van der Waals surface area contributed by atoms with Gasteiger partial charge in [0.05, 0.1) is 11.9 Å². The Balaban J connectivity index is 2.41. The third-order valence-corrected chi connectivity index (χ3v) is 4.03. The predicted octanol–water partition coefficient (Wildman–Crippen LogP) is 5.11. The number of rotatable bonds is 3. The average molecular weight is 348 g/mol. The Labute approximate surface area is 123 Å². The Morgan fingerprint density at radius 3 is 2.37 bits per heavy atom. The fourth-order valence-electron chi connectivity index (χ4n) is 1.71. The summed E-state index contributed by atoms with van der Waals surface area (Å²) in [7, 11) is 1.47. The molecule has 1 atom stereocenters. The lowest BCUT2D eigenvalue weighted by Gasteiger charge is -2.14. The average Bonchev–Trinajstić information content (AvgIpc) is 2.37. The molecule has 19 heavy (non-hydrogen) atoms. The minimum absolute atomic E-state index is 0.247. The molecule has 0 aromatic heterocycles. The number of methoxy groups -OCH3 is 1. The van der Waals surface area contributed by atoms with E-state index in [9.17, 15) is 8.78 Å². The van der Waals surface area contributed by atoms with E-state index in [4.69, 9.17) is 16.3 Å². The maximum absolute atomic E-state index is 14.0. The van der Waals surface area contributed by atoms with E-state index in [1.165, 1.54) is 31.4 Å². The minimum atomic E-state index is -0.452. The van der Waals surface area contributed by atoms with Crippen LogP contribution in [0.4, 0.5) is 8.78 Å². The van der Waals surface area contributed by atoms with Crippen LogP contribution in [0.1, 0.15) is 16.0 Å². The molecule has 2 aromatic rings. The van der Waals surface area contributed by atoms with Gasteiger partial charge in [-0.2, -0.15) is 0 Å². The maximum atomic E-state index is 14.0. The highest BCUT2D eigenvalue weighted by Gasteiger charge is 2.18. The van der Waals surface area contributed by atoms with Crippen LogP contribution in [-0.2, 0) is 0 Å². The monoisotopic (exact) mass is 346 g/mol. The van der Waals surface area contributed by atoms with Gasteiger partial charge in [-0.1, -0.05) is 39.7 Å². The third-order valence-electron chi connectivity index (χ3n) is 2.72. The number of benzene rings is 2. The van der Waals surface area contributed by atoms with Crippen LogP contribution in [0.5, 0.6) is 5.75 Å². The largest absolute Gasteiger partial charge is 0.497 e. The van der Waals surface area contributed by atoms with Crippen molar-refractivity contribution in [2.75, 3.05) is 7.11 Å². The van der Waals surface area contributed by atoms with Gasteiger partial charge in [-0.05, 0) is 23.8 Å². The molecule has 0 fully saturated rings. The van der Waals surface area contributed by atoms with Gasteiger partial charge in [-0.15, -0.1) is 0 Å². The van der Waals surface area contributed by atoms with Gasteiger partial charge < -0.3 is 4.74 Å². The molecular formula is C14H10BrClF2O. The summed E-state index contributed by atoms with van der Waals surface area (Å²) >= 11 is 9.35. The summed E-state index contributed by atoms with van der Waals surface area (Å²) in [5.41, 5.74) is 1.02. The molecule has 100 valence electrons. The highest BCUT2D eigenvalue weighted by Crippen LogP contribution is 2.37. The van der Waals surface area contributed by atoms with Crippen LogP contribution in [0.3, 0.4) is 0 Å². The fourth-order valence-corrected chi connectivity index (χ4v) is 2.89. The van der Waals surface area contributed by atoms with Crippen molar-refractivity contribution in [1.82, 2.24) is 0 Å². The highest BCUT2D eigenvalue weighted by atomic mass is 79.9. The zero-order chi connectivity index (χ0) is 14.0. The van der Waals surface area contributed by atoms with E-state index < -0.39 is 16.5 Å². The van der Waals surface area contributed by atoms with E-state index in [1.807, 2.05) is 0 Å². The summed E-state index contributed by atoms with van der Waals surface area (Å²) in [5.74, 6) is -0.406. The molecule has 5 heteroatoms. The van der Waals surface area contributed by atoms with Crippen molar-refractivity contribution in [3.05, 3.63) is 64.2 Å². The minimum Gasteiger partial charge on any atom is -0.497 e. The first kappa shape index (κ1) is 14.3. The summed E-state index contributed by atoms with van der Waals surface area (Å²) < 4.78 is 31.9. The molecule has 0 spiro atoms. The van der Waals surface area contributed by atoms with Gasteiger partial charge in [0.2, 0.25) is 0 Å². The van der Waals surface area contributed by atoms with Crippen molar-refractivity contribution < 1.29 is 13.5 Å². The molecule has 0 N–H and O–H groups in total. The van der Waals surface area contributed by atoms with Gasteiger partial charge >= 0.3 is 0 Å². The third kappa shape index (κ3) is 3.07. The molecule has 0 radical (unpaired) electrons. The molecular weight excluding hydrogens is 338 g/mol. The van der Waals surface area contributed by atoms with Crippen molar-refractivity contribution in [3.63, 3.8) is 0 Å². The lowest BCUT2D eigenvalue weighted by molar-refractivity contribution is 0.411. The van der Waals surface area contributed by atoms with Crippen LogP contribution >= 0.6 is 27.5 Å². The van der Waals surface area contributed by atoms with Gasteiger partial charge in [-0.25, -0.2) is 8.78 Å². The highest BCUT2D eigenvalue weighted by molar-refractivity contribution is 9.09. The van der Waals surface area contributed by atoms with Crippen molar-refractivity contribution in [3.8, 4) is 5.75 Å². The zero-order valence-electron chi connectivity index (χ0n) is 9.96. The van der Waals surface area contributed by atoms with Gasteiger partial charge in [0.15, 0.2) is 0 Å². The van der Waals surface area contributed by atoms with Crippen LogP contribution in [0.25, 0.3) is 0 Å². The number of hydrogen-bond acceptors (Lipinski definition) is 1. The van der Waals surface area contributed by atoms with Crippen LogP contribution in [0.2, 0.25) is 5.02 Å². The first-order chi connectivity index (χ1) is 9.02. The summed E-state index contributed by atoms with van der Waals surface area (Å²) in [6.45, 7) is 0. The second kappa shape index (κ2) is 5.88. The molecule has 0 heterocycles. The molecule has 1 nitrogen and oxygen atoms in total. The number of ether oxygens (including phenoxy) is 1. The maximum Gasteiger partial charge on any atom is 0.131 e. The smallest absolute Gasteiger partial charge is 0.131 e. The van der Waals surface area contributed by atoms with E-state index in [0.29, 0.717) is 16.9 Å². The molecule has 0 saturated heterocycles. The van der Waals surface area contributed by atoms with Gasteiger partial charge in [0.1, 0.15) is 17.4 Å². The lowest BCUT2D eigenvalue weighted by Crippen LogP contribution is -1.98. The van der Waals surface area contributed by atoms with Crippen LogP contribution < -0.4 is 4.74 Å². The summed E-state index contributed by atoms with van der Waals surface area (Å²) in [6.07, 6.45) is 0. The van der Waals surface area contributed by atoms with E-state index in [1.54, 1.807) is 12.1 Å². The second-order valence-electron chi connectivity index (χ2n) is 3.92. The Kier molecular flexibility index (Phi) is 4.42. The van der Waals surface area contributed by atoms with Crippen molar-refractivity contribution >= 4 is 27.5 Å². The Bertz CT molecular complexity index is 604. The molecule has 0 aliphatic carbocycles. The van der Waals surface area contributed by atoms with Gasteiger partial charge in [0.25, 0.3) is 0 Å². The Morgan fingerprint density at radius 2 is 1.79 bits per heavy atom. The predicted molar refractivity (Wildman–Crippen MR) is 75.1 cm³/mol. The topological polar surface area (TPSA) is 9.23 Å². The summed E-state index contributed by atoms with van der Waals surface area (Å²) in [6, 6.07) is 8.57. The standard InChI is InChI=1S/C14H10BrClF2O/c1-19-9-3-5-11(13(18)7-9)14(15)10-4-2-8(17)6-12(10)16/h2-7,14H,1H3. The quantitative estimate of drug-likeness (QED) is 0.701. The van der Waals surface area contributed by atoms with E-state index in [-0.39, 0.29) is 5.02 Å². The van der Waals surface area contributed by atoms with Crippen LogP contribution in [0.15, 0.2) is 36.4 Å². The van der Waals surface area contributed by atoms with E-state index >= 15 is 0 Å². The fraction of sp³-hybridized carbons (Fsp3) is 0.143. The number of halogens is 4. The molecule has 0 saturated carbocycles. The molecule has 1 unspecified atom stereocenters. The van der Waals surface area contributed by atoms with Crippen LogP contribution in [-0.4, -0.2) is 7.11 Å². The second-order valence-corrected chi connectivity index (χ2v) is 5.24. The Hall–Kier alpha value is -1.13. The summed E-state index contributed by atoms with van der Waals surface area (Å²) in [5, 5.41) is 0.247. The van der Waals surface area contributed by atoms with Crippen molar-refractivity contribution in [1.29, 1.82) is 0 Å². The van der Waals surface area contributed by atoms with E-state index in [0.717, 1.165) is 0 Å². The molecule has 0 amide bonds. The van der Waals surface area contributed by atoms with Crippen molar-refractivity contribution in [2.24, 2.45) is 0 Å². The molecule has 2 rings (SSSR count). The molecule has 2 aromatic carbocycles. The SMILES string of the molecule is COc1ccc(C(Br)c2ccc(F)cc2Cl)c(F)c1. The first-order valence-corrected chi connectivity index (χ1v) is 6.74. The molecule has 0 bridgehead atoms. The lowest BCUT2D eigenvalue weighted by atomic mass is 10.0. The van der Waals surface area contributed by atoms with E-state index in [2.05, 4.69) is 15.9 Å². The molecule has 0 aliphatic rings. The van der Waals surface area contributed by atoms with Crippen LogP contribution in [0, 0.1) is 11.6 Å². The summed E-state index contributed by atoms with van der Waals surface area (Å²) in [4.78, 5) is -0.452. The number of alkyl halides is 1. The molecule has 0 aliphatic heterocycles. The Morgan fingerprint density at radius 1 is 1.11 bits per heavy atom. The first-order valence-electron chi connectivity index (χ1n) is 5.45. The van der Waals surface area contributed by atoms with Crippen molar-refractivity contribution in [2.45, 2.75) is 4.83 Å². The van der Waals surface area contributed by atoms with Gasteiger partial charge in [-0.3, -0.25) is 0 Å². The normalized spacial score (nSPS) is 12.3. The number of hydrogen-bond donors (Lipinski definition) is 0. The van der Waals surface area contributed by atoms with Gasteiger partial charge in [0, 0.05) is 16.7 Å².